The molecule has 120 valence electrons. The van der Waals surface area contributed by atoms with Gasteiger partial charge in [-0.05, 0) is 45.3 Å². The van der Waals surface area contributed by atoms with Gasteiger partial charge in [0.15, 0.2) is 0 Å². The fourth-order valence-electron chi connectivity index (χ4n) is 3.32. The van der Waals surface area contributed by atoms with Crippen LogP contribution in [0.2, 0.25) is 0 Å². The molecule has 2 aliphatic rings. The van der Waals surface area contributed by atoms with E-state index in [1.807, 2.05) is 4.90 Å². The Morgan fingerprint density at radius 2 is 1.81 bits per heavy atom. The van der Waals surface area contributed by atoms with Crippen molar-refractivity contribution in [1.29, 1.82) is 0 Å². The zero-order chi connectivity index (χ0) is 15.2. The lowest BCUT2D eigenvalue weighted by molar-refractivity contribution is -0.146. The third kappa shape index (κ3) is 4.41. The molecule has 2 aliphatic heterocycles. The van der Waals surface area contributed by atoms with Crippen LogP contribution in [0.15, 0.2) is 0 Å². The van der Waals surface area contributed by atoms with Crippen molar-refractivity contribution in [3.63, 3.8) is 0 Å². The minimum atomic E-state index is -0.730. The van der Waals surface area contributed by atoms with Crippen LogP contribution in [0, 0.1) is 5.92 Å². The zero-order valence-electron chi connectivity index (χ0n) is 12.9. The van der Waals surface area contributed by atoms with Crippen molar-refractivity contribution in [2.45, 2.75) is 38.6 Å². The molecule has 0 saturated carbocycles. The summed E-state index contributed by atoms with van der Waals surface area (Å²) in [6, 6.07) is 0.497. The van der Waals surface area contributed by atoms with E-state index in [1.165, 1.54) is 0 Å². The van der Waals surface area contributed by atoms with Crippen molar-refractivity contribution >= 4 is 11.9 Å². The summed E-state index contributed by atoms with van der Waals surface area (Å²) in [6.07, 6.45) is 3.37. The SMILES string of the molecule is CCN(CC(=O)N1CCC(C(=O)O)CC1)C1CCNCC1. The van der Waals surface area contributed by atoms with Crippen LogP contribution in [-0.2, 0) is 9.59 Å². The van der Waals surface area contributed by atoms with Gasteiger partial charge in [0.1, 0.15) is 0 Å². The number of piperidine rings is 2. The lowest BCUT2D eigenvalue weighted by Crippen LogP contribution is -2.49. The Hall–Kier alpha value is -1.14. The minimum Gasteiger partial charge on any atom is -0.481 e. The molecule has 2 heterocycles. The van der Waals surface area contributed by atoms with E-state index in [4.69, 9.17) is 5.11 Å². The Morgan fingerprint density at radius 3 is 2.33 bits per heavy atom. The van der Waals surface area contributed by atoms with Crippen molar-refractivity contribution < 1.29 is 14.7 Å². The number of hydrogen-bond acceptors (Lipinski definition) is 4. The fraction of sp³-hybridized carbons (Fsp3) is 0.867. The normalized spacial score (nSPS) is 21.7. The highest BCUT2D eigenvalue weighted by atomic mass is 16.4. The van der Waals surface area contributed by atoms with Gasteiger partial charge in [0.2, 0.25) is 5.91 Å². The van der Waals surface area contributed by atoms with Gasteiger partial charge in [0.05, 0.1) is 12.5 Å². The molecular weight excluding hydrogens is 270 g/mol. The average molecular weight is 297 g/mol. The van der Waals surface area contributed by atoms with Gasteiger partial charge in [-0.3, -0.25) is 14.5 Å². The second-order valence-corrected chi connectivity index (χ2v) is 6.04. The van der Waals surface area contributed by atoms with Gasteiger partial charge < -0.3 is 15.3 Å². The third-order valence-electron chi connectivity index (χ3n) is 4.77. The highest BCUT2D eigenvalue weighted by Crippen LogP contribution is 2.18. The van der Waals surface area contributed by atoms with Gasteiger partial charge in [-0.15, -0.1) is 0 Å². The second-order valence-electron chi connectivity index (χ2n) is 6.04. The van der Waals surface area contributed by atoms with Crippen LogP contribution in [0.4, 0.5) is 0 Å². The quantitative estimate of drug-likeness (QED) is 0.768. The molecule has 2 N–H and O–H groups in total. The maximum atomic E-state index is 12.4. The summed E-state index contributed by atoms with van der Waals surface area (Å²) in [5.74, 6) is -0.855. The summed E-state index contributed by atoms with van der Waals surface area (Å²) in [4.78, 5) is 27.5. The van der Waals surface area contributed by atoms with Crippen LogP contribution < -0.4 is 5.32 Å². The van der Waals surface area contributed by atoms with Gasteiger partial charge in [0, 0.05) is 19.1 Å². The van der Waals surface area contributed by atoms with E-state index in [0.29, 0.717) is 38.5 Å². The maximum Gasteiger partial charge on any atom is 0.306 e. The van der Waals surface area contributed by atoms with Crippen molar-refractivity contribution in [3.8, 4) is 0 Å². The molecule has 0 bridgehead atoms. The fourth-order valence-corrected chi connectivity index (χ4v) is 3.32. The molecule has 0 aromatic heterocycles. The number of nitrogens with zero attached hydrogens (tertiary/aromatic N) is 2. The van der Waals surface area contributed by atoms with E-state index in [2.05, 4.69) is 17.1 Å². The van der Waals surface area contributed by atoms with Gasteiger partial charge in [0.25, 0.3) is 0 Å². The van der Waals surface area contributed by atoms with Crippen molar-refractivity contribution in [1.82, 2.24) is 15.1 Å². The summed E-state index contributed by atoms with van der Waals surface area (Å²) in [5, 5.41) is 12.3. The first kappa shape index (κ1) is 16.2. The first-order chi connectivity index (χ1) is 10.1. The molecule has 2 saturated heterocycles. The lowest BCUT2D eigenvalue weighted by Gasteiger charge is -2.36. The predicted octanol–water partition coefficient (Wildman–Crippen LogP) is 0.384. The van der Waals surface area contributed by atoms with E-state index in [1.54, 1.807) is 0 Å². The molecule has 1 amide bonds. The molecule has 0 atom stereocenters. The highest BCUT2D eigenvalue weighted by Gasteiger charge is 2.29. The number of hydrogen-bond donors (Lipinski definition) is 2. The van der Waals surface area contributed by atoms with Crippen molar-refractivity contribution in [2.24, 2.45) is 5.92 Å². The van der Waals surface area contributed by atoms with Crippen LogP contribution >= 0.6 is 0 Å². The molecule has 0 aromatic carbocycles. The molecule has 6 nitrogen and oxygen atoms in total. The van der Waals surface area contributed by atoms with E-state index < -0.39 is 5.97 Å². The summed E-state index contributed by atoms with van der Waals surface area (Å²) in [6.45, 7) is 6.69. The number of amides is 1. The Bertz CT molecular complexity index is 361. The first-order valence-corrected chi connectivity index (χ1v) is 8.07. The monoisotopic (exact) mass is 297 g/mol. The first-order valence-electron chi connectivity index (χ1n) is 8.07. The van der Waals surface area contributed by atoms with Crippen molar-refractivity contribution in [2.75, 3.05) is 39.3 Å². The molecular formula is C15H27N3O3. The molecule has 0 aliphatic carbocycles. The molecule has 0 unspecified atom stereocenters. The number of carbonyl (C=O) groups is 2. The summed E-state index contributed by atoms with van der Waals surface area (Å²) in [7, 11) is 0. The molecule has 6 heteroatoms. The predicted molar refractivity (Wildman–Crippen MR) is 80.1 cm³/mol. The Morgan fingerprint density at radius 1 is 1.19 bits per heavy atom. The standard InChI is InChI=1S/C15H27N3O3/c1-2-17(13-3-7-16-8-4-13)11-14(19)18-9-5-12(6-10-18)15(20)21/h12-13,16H,2-11H2,1H3,(H,20,21). The Kier molecular flexibility index (Phi) is 5.99. The molecule has 2 rings (SSSR count). The molecule has 21 heavy (non-hydrogen) atoms. The van der Waals surface area contributed by atoms with Gasteiger partial charge in [-0.25, -0.2) is 0 Å². The summed E-state index contributed by atoms with van der Waals surface area (Å²) in [5.41, 5.74) is 0. The van der Waals surface area contributed by atoms with Crippen LogP contribution in [-0.4, -0.2) is 72.1 Å². The minimum absolute atomic E-state index is 0.152. The number of likely N-dealkylation sites (tertiary alicyclic amines) is 1. The van der Waals surface area contributed by atoms with Gasteiger partial charge in [-0.1, -0.05) is 6.92 Å². The topological polar surface area (TPSA) is 72.9 Å². The van der Waals surface area contributed by atoms with E-state index in [0.717, 1.165) is 32.5 Å². The van der Waals surface area contributed by atoms with Crippen LogP contribution in [0.25, 0.3) is 0 Å². The Balaban J connectivity index is 1.81. The van der Waals surface area contributed by atoms with Crippen LogP contribution in [0.1, 0.15) is 32.6 Å². The number of carboxylic acid groups (broad SMARTS) is 1. The van der Waals surface area contributed by atoms with Crippen LogP contribution in [0.3, 0.4) is 0 Å². The van der Waals surface area contributed by atoms with E-state index in [9.17, 15) is 9.59 Å². The summed E-state index contributed by atoms with van der Waals surface area (Å²) >= 11 is 0. The Labute approximate surface area is 126 Å². The highest BCUT2D eigenvalue weighted by molar-refractivity contribution is 5.79. The smallest absolute Gasteiger partial charge is 0.306 e. The number of carbonyl (C=O) groups excluding carboxylic acids is 1. The number of aliphatic carboxylic acids is 1. The van der Waals surface area contributed by atoms with Gasteiger partial charge in [-0.2, -0.15) is 0 Å². The molecule has 0 aromatic rings. The summed E-state index contributed by atoms with van der Waals surface area (Å²) < 4.78 is 0. The number of rotatable bonds is 5. The lowest BCUT2D eigenvalue weighted by atomic mass is 9.97. The number of carboxylic acids is 1. The number of likely N-dealkylation sites (N-methyl/N-ethyl adjacent to an activating group) is 1. The van der Waals surface area contributed by atoms with E-state index >= 15 is 0 Å². The molecule has 0 radical (unpaired) electrons. The second kappa shape index (κ2) is 7.75. The zero-order valence-corrected chi connectivity index (χ0v) is 12.9. The maximum absolute atomic E-state index is 12.4. The molecule has 2 fully saturated rings. The third-order valence-corrected chi connectivity index (χ3v) is 4.77. The van der Waals surface area contributed by atoms with Gasteiger partial charge >= 0.3 is 5.97 Å². The molecule has 0 spiro atoms. The number of nitrogens with one attached hydrogen (secondary N) is 1. The van der Waals surface area contributed by atoms with Crippen molar-refractivity contribution in [3.05, 3.63) is 0 Å². The van der Waals surface area contributed by atoms with E-state index in [-0.39, 0.29) is 11.8 Å². The largest absolute Gasteiger partial charge is 0.481 e. The average Bonchev–Trinajstić information content (AvgIpc) is 2.53. The van der Waals surface area contributed by atoms with Crippen LogP contribution in [0.5, 0.6) is 0 Å².